The number of carbonyl (C=O) groups excluding carboxylic acids is 1. The minimum Gasteiger partial charge on any atom is -0.352 e. The topological polar surface area (TPSA) is 61.4 Å². The van der Waals surface area contributed by atoms with Crippen molar-refractivity contribution in [1.82, 2.24) is 20.2 Å². The smallest absolute Gasteiger partial charge is 0.223 e. The summed E-state index contributed by atoms with van der Waals surface area (Å²) in [5, 5.41) is 4.32. The highest BCUT2D eigenvalue weighted by Gasteiger charge is 2.27. The van der Waals surface area contributed by atoms with Crippen LogP contribution in [0.15, 0.2) is 48.7 Å². The summed E-state index contributed by atoms with van der Waals surface area (Å²) in [6.45, 7) is 5.62. The molecular weight excluding hydrogens is 406 g/mol. The summed E-state index contributed by atoms with van der Waals surface area (Å²) in [7, 11) is 2.12. The molecule has 1 N–H and O–H groups in total. The van der Waals surface area contributed by atoms with Gasteiger partial charge in [-0.1, -0.05) is 48.6 Å². The van der Waals surface area contributed by atoms with E-state index in [1.165, 1.54) is 5.56 Å². The molecule has 7 heteroatoms. The molecule has 4 rings (SSSR count). The van der Waals surface area contributed by atoms with Crippen LogP contribution in [0.3, 0.4) is 0 Å². The van der Waals surface area contributed by atoms with Crippen LogP contribution in [0.1, 0.15) is 31.7 Å². The number of hydrogen-bond donors (Lipinski definition) is 1. The van der Waals surface area contributed by atoms with Gasteiger partial charge in [-0.05, 0) is 44.0 Å². The molecule has 0 saturated carbocycles. The molecule has 1 unspecified atom stereocenters. The Morgan fingerprint density at radius 3 is 2.71 bits per heavy atom. The van der Waals surface area contributed by atoms with Gasteiger partial charge in [-0.15, -0.1) is 0 Å². The number of benzene rings is 1. The third kappa shape index (κ3) is 5.60. The molecule has 3 heterocycles. The number of anilines is 1. The van der Waals surface area contributed by atoms with Crippen molar-refractivity contribution in [2.24, 2.45) is 5.92 Å². The molecule has 1 aliphatic rings. The van der Waals surface area contributed by atoms with E-state index in [1.54, 1.807) is 11.3 Å². The molecule has 1 amide bonds. The predicted octanol–water partition coefficient (Wildman–Crippen LogP) is 3.93. The van der Waals surface area contributed by atoms with Crippen molar-refractivity contribution in [2.75, 3.05) is 31.6 Å². The number of pyridine rings is 1. The Morgan fingerprint density at radius 1 is 1.23 bits per heavy atom. The lowest BCUT2D eigenvalue weighted by atomic mass is 9.95. The molecular formula is C24H31N5OS. The number of aromatic nitrogens is 2. The fraction of sp³-hybridized carbons (Fsp3) is 0.458. The van der Waals surface area contributed by atoms with Gasteiger partial charge >= 0.3 is 0 Å². The second kappa shape index (κ2) is 10.2. The second-order valence-corrected chi connectivity index (χ2v) is 9.34. The summed E-state index contributed by atoms with van der Waals surface area (Å²) in [6, 6.07) is 14.6. The van der Waals surface area contributed by atoms with Gasteiger partial charge in [0.05, 0.1) is 0 Å². The van der Waals surface area contributed by atoms with E-state index in [4.69, 9.17) is 4.98 Å². The van der Waals surface area contributed by atoms with E-state index in [0.717, 1.165) is 60.9 Å². The number of piperidine rings is 1. The van der Waals surface area contributed by atoms with Crippen molar-refractivity contribution in [3.63, 3.8) is 0 Å². The predicted molar refractivity (Wildman–Crippen MR) is 127 cm³/mol. The Bertz CT molecular complexity index is 951. The number of nitrogens with zero attached hydrogens (tertiary/aromatic N) is 4. The molecule has 0 radical (unpaired) electrons. The van der Waals surface area contributed by atoms with E-state index in [0.29, 0.717) is 0 Å². The number of likely N-dealkylation sites (N-methyl/N-ethyl adjacent to an activating group) is 1. The van der Waals surface area contributed by atoms with E-state index in [9.17, 15) is 4.79 Å². The van der Waals surface area contributed by atoms with E-state index in [2.05, 4.69) is 58.3 Å². The minimum absolute atomic E-state index is 0.0808. The van der Waals surface area contributed by atoms with Crippen LogP contribution >= 0.6 is 11.3 Å². The van der Waals surface area contributed by atoms with Crippen molar-refractivity contribution in [3.05, 3.63) is 54.2 Å². The highest BCUT2D eigenvalue weighted by atomic mass is 32.1. The Morgan fingerprint density at radius 2 is 2.00 bits per heavy atom. The summed E-state index contributed by atoms with van der Waals surface area (Å²) in [5.74, 6) is 0.280. The number of thiazole rings is 1. The number of amides is 1. The molecule has 164 valence electrons. The third-order valence-electron chi connectivity index (χ3n) is 5.96. The normalized spacial score (nSPS) is 16.0. The van der Waals surface area contributed by atoms with Crippen molar-refractivity contribution in [2.45, 2.75) is 38.8 Å². The maximum Gasteiger partial charge on any atom is 0.223 e. The monoisotopic (exact) mass is 437 g/mol. The number of rotatable bonds is 8. The Kier molecular flexibility index (Phi) is 7.14. The van der Waals surface area contributed by atoms with Crippen LogP contribution in [0.4, 0.5) is 5.13 Å². The summed E-state index contributed by atoms with van der Waals surface area (Å²) in [5.41, 5.74) is 2.25. The average Bonchev–Trinajstić information content (AvgIpc) is 3.23. The van der Waals surface area contributed by atoms with Crippen LogP contribution < -0.4 is 10.2 Å². The van der Waals surface area contributed by atoms with Crippen molar-refractivity contribution >= 4 is 32.7 Å². The second-order valence-electron chi connectivity index (χ2n) is 8.38. The summed E-state index contributed by atoms with van der Waals surface area (Å²) in [6.07, 6.45) is 4.47. The molecule has 3 aromatic rings. The molecule has 31 heavy (non-hydrogen) atoms. The number of hydrogen-bond acceptors (Lipinski definition) is 6. The fourth-order valence-corrected chi connectivity index (χ4v) is 5.12. The lowest BCUT2D eigenvalue weighted by Crippen LogP contribution is -2.47. The van der Waals surface area contributed by atoms with Gasteiger partial charge < -0.3 is 15.1 Å². The molecule has 1 aromatic carbocycles. The summed E-state index contributed by atoms with van der Waals surface area (Å²) in [4.78, 5) is 27.6. The van der Waals surface area contributed by atoms with Gasteiger partial charge in [0.2, 0.25) is 5.91 Å². The molecule has 1 saturated heterocycles. The van der Waals surface area contributed by atoms with Crippen LogP contribution in [0.5, 0.6) is 0 Å². The third-order valence-corrected chi connectivity index (χ3v) is 7.00. The summed E-state index contributed by atoms with van der Waals surface area (Å²) < 4.78 is 0. The first kappa shape index (κ1) is 21.7. The van der Waals surface area contributed by atoms with E-state index >= 15 is 0 Å². The number of carbonyl (C=O) groups is 1. The van der Waals surface area contributed by atoms with Gasteiger partial charge in [0.1, 0.15) is 10.3 Å². The van der Waals surface area contributed by atoms with Crippen molar-refractivity contribution < 1.29 is 4.79 Å². The number of fused-ring (bicyclic) bond motifs is 1. The van der Waals surface area contributed by atoms with Gasteiger partial charge in [0, 0.05) is 44.3 Å². The Balaban J connectivity index is 1.26. The number of nitrogens with one attached hydrogen (secondary N) is 1. The van der Waals surface area contributed by atoms with Gasteiger partial charge in [-0.2, -0.15) is 0 Å². The zero-order valence-electron chi connectivity index (χ0n) is 18.3. The van der Waals surface area contributed by atoms with Crippen molar-refractivity contribution in [3.8, 4) is 0 Å². The molecule has 0 bridgehead atoms. The Labute approximate surface area is 188 Å². The lowest BCUT2D eigenvalue weighted by Gasteiger charge is -2.32. The standard InChI is InChI=1S/C24H31N5OS/c1-3-20(17-28(2)16-18-8-5-4-6-9-18)26-22(30)19-11-14-29(15-12-19)24-27-21-10-7-13-25-23(21)31-24/h4-10,13,19-20H,3,11-12,14-17H2,1-2H3,(H,26,30). The average molecular weight is 438 g/mol. The van der Waals surface area contributed by atoms with E-state index in [1.807, 2.05) is 24.4 Å². The molecule has 0 spiro atoms. The highest BCUT2D eigenvalue weighted by molar-refractivity contribution is 7.21. The molecule has 6 nitrogen and oxygen atoms in total. The zero-order chi connectivity index (χ0) is 21.6. The van der Waals surface area contributed by atoms with E-state index < -0.39 is 0 Å². The van der Waals surface area contributed by atoms with Crippen LogP contribution in [0.25, 0.3) is 10.3 Å². The van der Waals surface area contributed by atoms with E-state index in [-0.39, 0.29) is 17.9 Å². The highest BCUT2D eigenvalue weighted by Crippen LogP contribution is 2.30. The van der Waals surface area contributed by atoms with Crippen LogP contribution in [0.2, 0.25) is 0 Å². The first-order valence-corrected chi connectivity index (χ1v) is 11.9. The SMILES string of the molecule is CCC(CN(C)Cc1ccccc1)NC(=O)C1CCN(c2nc3cccnc3s2)CC1. The molecule has 2 aromatic heterocycles. The first-order valence-electron chi connectivity index (χ1n) is 11.1. The lowest BCUT2D eigenvalue weighted by molar-refractivity contribution is -0.126. The first-order chi connectivity index (χ1) is 15.1. The zero-order valence-corrected chi connectivity index (χ0v) is 19.1. The molecule has 1 fully saturated rings. The summed E-state index contributed by atoms with van der Waals surface area (Å²) >= 11 is 1.63. The van der Waals surface area contributed by atoms with Crippen LogP contribution in [-0.4, -0.2) is 53.5 Å². The minimum atomic E-state index is 0.0808. The molecule has 0 aliphatic carbocycles. The van der Waals surface area contributed by atoms with Gasteiger partial charge in [0.25, 0.3) is 0 Å². The van der Waals surface area contributed by atoms with Gasteiger partial charge in [0.15, 0.2) is 5.13 Å². The molecule has 1 atom stereocenters. The van der Waals surface area contributed by atoms with Crippen LogP contribution in [-0.2, 0) is 11.3 Å². The largest absolute Gasteiger partial charge is 0.352 e. The van der Waals surface area contributed by atoms with Gasteiger partial charge in [-0.25, -0.2) is 9.97 Å². The fourth-order valence-electron chi connectivity index (χ4n) is 4.16. The van der Waals surface area contributed by atoms with Crippen molar-refractivity contribution in [1.29, 1.82) is 0 Å². The molecule has 1 aliphatic heterocycles. The maximum absolute atomic E-state index is 12.9. The maximum atomic E-state index is 12.9. The Hall–Kier alpha value is -2.51. The van der Waals surface area contributed by atoms with Crippen LogP contribution in [0, 0.1) is 5.92 Å². The van der Waals surface area contributed by atoms with Gasteiger partial charge in [-0.3, -0.25) is 4.79 Å². The quantitative estimate of drug-likeness (QED) is 0.578.